The molecule has 0 fully saturated rings. The van der Waals surface area contributed by atoms with Gasteiger partial charge in [0, 0.05) is 6.07 Å². The molecule has 1 aromatic carbocycles. The van der Waals surface area contributed by atoms with Crippen molar-refractivity contribution in [3.05, 3.63) is 46.3 Å². The number of rotatable bonds is 5. The van der Waals surface area contributed by atoms with Gasteiger partial charge < -0.3 is 5.73 Å². The van der Waals surface area contributed by atoms with Gasteiger partial charge in [0.25, 0.3) is 5.69 Å². The first kappa shape index (κ1) is 13.2. The fourth-order valence-electron chi connectivity index (χ4n) is 1.84. The van der Waals surface area contributed by atoms with E-state index in [1.807, 2.05) is 6.92 Å². The monoisotopic (exact) mass is 261 g/mol. The van der Waals surface area contributed by atoms with Gasteiger partial charge in [0.05, 0.1) is 22.9 Å². The van der Waals surface area contributed by atoms with Crippen molar-refractivity contribution in [1.29, 1.82) is 0 Å². The van der Waals surface area contributed by atoms with Crippen LogP contribution in [0, 0.1) is 10.1 Å². The maximum Gasteiger partial charge on any atom is 0.294 e. The van der Waals surface area contributed by atoms with Gasteiger partial charge in [0.15, 0.2) is 0 Å². The third kappa shape index (κ3) is 2.76. The fraction of sp³-hybridized carbons (Fsp3) is 0.333. The summed E-state index contributed by atoms with van der Waals surface area (Å²) in [5, 5.41) is 18.8. The molecule has 1 atom stereocenters. The molecule has 19 heavy (non-hydrogen) atoms. The number of benzene rings is 1. The third-order valence-corrected chi connectivity index (χ3v) is 2.82. The van der Waals surface area contributed by atoms with Gasteiger partial charge in [-0.3, -0.25) is 10.1 Å². The molecule has 100 valence electrons. The maximum absolute atomic E-state index is 11.0. The molecule has 1 aromatic heterocycles. The molecule has 0 bridgehead atoms. The van der Waals surface area contributed by atoms with Crippen LogP contribution < -0.4 is 5.73 Å². The molecule has 0 aliphatic carbocycles. The second-order valence-corrected chi connectivity index (χ2v) is 4.23. The van der Waals surface area contributed by atoms with E-state index in [1.165, 1.54) is 10.7 Å². The Morgan fingerprint density at radius 1 is 1.47 bits per heavy atom. The van der Waals surface area contributed by atoms with Crippen LogP contribution in [0.15, 0.2) is 30.5 Å². The lowest BCUT2D eigenvalue weighted by Crippen LogP contribution is -2.10. The normalized spacial score (nSPS) is 12.3. The summed E-state index contributed by atoms with van der Waals surface area (Å²) in [5.74, 6) is 0. The predicted molar refractivity (Wildman–Crippen MR) is 69.8 cm³/mol. The van der Waals surface area contributed by atoms with Crippen molar-refractivity contribution in [2.75, 3.05) is 0 Å². The van der Waals surface area contributed by atoms with Crippen LogP contribution in [0.5, 0.6) is 0 Å². The van der Waals surface area contributed by atoms with E-state index in [0.29, 0.717) is 11.4 Å². The number of aromatic nitrogens is 3. The van der Waals surface area contributed by atoms with Crippen LogP contribution in [-0.4, -0.2) is 19.9 Å². The molecule has 2 aromatic rings. The van der Waals surface area contributed by atoms with Gasteiger partial charge in [0.2, 0.25) is 0 Å². The van der Waals surface area contributed by atoms with E-state index in [0.717, 1.165) is 12.8 Å². The SMILES string of the molecule is CCCC(N)c1cn(-c2ccccc2[N+](=O)[O-])nn1. The van der Waals surface area contributed by atoms with Crippen LogP contribution in [0.3, 0.4) is 0 Å². The van der Waals surface area contributed by atoms with Crippen LogP contribution in [0.25, 0.3) is 5.69 Å². The molecular weight excluding hydrogens is 246 g/mol. The molecule has 7 nitrogen and oxygen atoms in total. The molecule has 0 aliphatic rings. The first-order valence-electron chi connectivity index (χ1n) is 6.05. The Bertz CT molecular complexity index is 581. The number of nitro groups is 1. The van der Waals surface area contributed by atoms with Gasteiger partial charge >= 0.3 is 0 Å². The Balaban J connectivity index is 2.35. The van der Waals surface area contributed by atoms with Gasteiger partial charge in [-0.2, -0.15) is 0 Å². The molecule has 1 heterocycles. The van der Waals surface area contributed by atoms with Crippen LogP contribution in [-0.2, 0) is 0 Å². The molecule has 2 N–H and O–H groups in total. The number of nitrogens with zero attached hydrogens (tertiary/aromatic N) is 4. The highest BCUT2D eigenvalue weighted by molar-refractivity contribution is 5.51. The van der Waals surface area contributed by atoms with E-state index in [-0.39, 0.29) is 11.7 Å². The van der Waals surface area contributed by atoms with Crippen molar-refractivity contribution in [1.82, 2.24) is 15.0 Å². The second-order valence-electron chi connectivity index (χ2n) is 4.23. The summed E-state index contributed by atoms with van der Waals surface area (Å²) in [4.78, 5) is 10.5. The van der Waals surface area contributed by atoms with Crippen molar-refractivity contribution >= 4 is 5.69 Å². The molecule has 0 spiro atoms. The highest BCUT2D eigenvalue weighted by Crippen LogP contribution is 2.22. The van der Waals surface area contributed by atoms with Crippen LogP contribution in [0.1, 0.15) is 31.5 Å². The molecule has 1 unspecified atom stereocenters. The summed E-state index contributed by atoms with van der Waals surface area (Å²) in [5.41, 5.74) is 6.96. The number of para-hydroxylation sites is 2. The Morgan fingerprint density at radius 2 is 2.21 bits per heavy atom. The van der Waals surface area contributed by atoms with Crippen LogP contribution >= 0.6 is 0 Å². The largest absolute Gasteiger partial charge is 0.323 e. The summed E-state index contributed by atoms with van der Waals surface area (Å²) < 4.78 is 1.39. The fourth-order valence-corrected chi connectivity index (χ4v) is 1.84. The lowest BCUT2D eigenvalue weighted by Gasteiger charge is -2.04. The van der Waals surface area contributed by atoms with E-state index in [4.69, 9.17) is 5.73 Å². The van der Waals surface area contributed by atoms with Crippen molar-refractivity contribution in [3.8, 4) is 5.69 Å². The number of hydrogen-bond donors (Lipinski definition) is 1. The van der Waals surface area contributed by atoms with E-state index < -0.39 is 4.92 Å². The summed E-state index contributed by atoms with van der Waals surface area (Å²) in [7, 11) is 0. The molecular formula is C12H15N5O2. The van der Waals surface area contributed by atoms with Crippen molar-refractivity contribution in [2.45, 2.75) is 25.8 Å². The zero-order chi connectivity index (χ0) is 13.8. The summed E-state index contributed by atoms with van der Waals surface area (Å²) in [6.45, 7) is 2.03. The summed E-state index contributed by atoms with van der Waals surface area (Å²) in [6.07, 6.45) is 3.39. The molecule has 0 aliphatic heterocycles. The second kappa shape index (κ2) is 5.57. The van der Waals surface area contributed by atoms with E-state index in [9.17, 15) is 10.1 Å². The average molecular weight is 261 g/mol. The van der Waals surface area contributed by atoms with Crippen molar-refractivity contribution in [3.63, 3.8) is 0 Å². The van der Waals surface area contributed by atoms with Gasteiger partial charge in [-0.1, -0.05) is 30.7 Å². The Labute approximate surface area is 110 Å². The van der Waals surface area contributed by atoms with E-state index in [2.05, 4.69) is 10.3 Å². The molecule has 0 saturated carbocycles. The minimum absolute atomic E-state index is 0.0111. The van der Waals surface area contributed by atoms with Crippen LogP contribution in [0.2, 0.25) is 0 Å². The third-order valence-electron chi connectivity index (χ3n) is 2.82. The number of nitrogens with two attached hydrogens (primary N) is 1. The Kier molecular flexibility index (Phi) is 3.86. The van der Waals surface area contributed by atoms with Gasteiger partial charge in [-0.25, -0.2) is 4.68 Å². The highest BCUT2D eigenvalue weighted by Gasteiger charge is 2.17. The Hall–Kier alpha value is -2.28. The number of hydrogen-bond acceptors (Lipinski definition) is 5. The molecule has 0 saturated heterocycles. The van der Waals surface area contributed by atoms with Crippen molar-refractivity contribution < 1.29 is 4.92 Å². The zero-order valence-corrected chi connectivity index (χ0v) is 10.6. The minimum atomic E-state index is -0.442. The number of nitro benzene ring substituents is 1. The maximum atomic E-state index is 11.0. The first-order valence-corrected chi connectivity index (χ1v) is 6.05. The smallest absolute Gasteiger partial charge is 0.294 e. The van der Waals surface area contributed by atoms with Gasteiger partial charge in [0.1, 0.15) is 5.69 Å². The van der Waals surface area contributed by atoms with Gasteiger partial charge in [-0.05, 0) is 12.5 Å². The minimum Gasteiger partial charge on any atom is -0.323 e. The lowest BCUT2D eigenvalue weighted by atomic mass is 10.1. The van der Waals surface area contributed by atoms with E-state index >= 15 is 0 Å². The lowest BCUT2D eigenvalue weighted by molar-refractivity contribution is -0.384. The average Bonchev–Trinajstić information content (AvgIpc) is 2.88. The zero-order valence-electron chi connectivity index (χ0n) is 10.6. The molecule has 0 amide bonds. The molecule has 2 rings (SSSR count). The van der Waals surface area contributed by atoms with Crippen molar-refractivity contribution in [2.24, 2.45) is 5.73 Å². The quantitative estimate of drug-likeness (QED) is 0.655. The first-order chi connectivity index (χ1) is 9.13. The predicted octanol–water partition coefficient (Wildman–Crippen LogP) is 1.98. The standard InChI is InChI=1S/C12H15N5O2/c1-2-5-9(13)10-8-16(15-14-10)11-6-3-4-7-12(11)17(18)19/h3-4,6-9H,2,5,13H2,1H3. The highest BCUT2D eigenvalue weighted by atomic mass is 16.6. The molecule has 7 heteroatoms. The topological polar surface area (TPSA) is 99.9 Å². The molecule has 0 radical (unpaired) electrons. The summed E-state index contributed by atoms with van der Waals surface area (Å²) in [6, 6.07) is 6.20. The Morgan fingerprint density at radius 3 is 2.89 bits per heavy atom. The summed E-state index contributed by atoms with van der Waals surface area (Å²) >= 11 is 0. The van der Waals surface area contributed by atoms with Crippen LogP contribution in [0.4, 0.5) is 5.69 Å². The van der Waals surface area contributed by atoms with Gasteiger partial charge in [-0.15, -0.1) is 5.10 Å². The van der Waals surface area contributed by atoms with E-state index in [1.54, 1.807) is 24.4 Å².